The van der Waals surface area contributed by atoms with E-state index in [0.29, 0.717) is 11.5 Å². The van der Waals surface area contributed by atoms with Gasteiger partial charge in [-0.3, -0.25) is 13.9 Å². The molecule has 9 nitrogen and oxygen atoms in total. The molecule has 4 rings (SSSR count). The number of nitrogens with zero attached hydrogens (tertiary/aromatic N) is 2. The van der Waals surface area contributed by atoms with Crippen LogP contribution in [0.15, 0.2) is 108 Å². The lowest BCUT2D eigenvalue weighted by Gasteiger charge is -2.34. The molecule has 0 fully saturated rings. The third kappa shape index (κ3) is 8.25. The van der Waals surface area contributed by atoms with Crippen molar-refractivity contribution in [2.45, 2.75) is 50.7 Å². The molecular weight excluding hydrogens is 602 g/mol. The highest BCUT2D eigenvalue weighted by molar-refractivity contribution is 7.92. The van der Waals surface area contributed by atoms with Crippen molar-refractivity contribution in [1.29, 1.82) is 0 Å². The molecular formula is C36H41N3O6S. The third-order valence-corrected chi connectivity index (χ3v) is 9.36. The summed E-state index contributed by atoms with van der Waals surface area (Å²) in [6.45, 7) is 5.18. The number of sulfonamides is 1. The average molecular weight is 644 g/mol. The Labute approximate surface area is 271 Å². The Bertz CT molecular complexity index is 1730. The number of benzene rings is 4. The standard InChI is InChI=1S/C36H41N3O6S/c1-26(2)37-36(41)32(22-28-15-8-6-9-16-28)38(24-29-17-13-12-14-27(29)3)35(40)25-39(46(42,43)31-18-10-7-11-19-31)30-20-21-33(44-4)34(23-30)45-5/h6-21,23,26,32H,22,24-25H2,1-5H3,(H,37,41). The first kappa shape index (κ1) is 34.1. The first-order chi connectivity index (χ1) is 22.0. The maximum atomic E-state index is 14.6. The Morgan fingerprint density at radius 3 is 2.02 bits per heavy atom. The summed E-state index contributed by atoms with van der Waals surface area (Å²) in [5.41, 5.74) is 2.85. The Kier molecular flexibility index (Phi) is 11.4. The number of rotatable bonds is 14. The van der Waals surface area contributed by atoms with E-state index in [0.717, 1.165) is 21.0 Å². The van der Waals surface area contributed by atoms with Crippen LogP contribution in [-0.2, 0) is 32.6 Å². The number of anilines is 1. The van der Waals surface area contributed by atoms with Crippen LogP contribution < -0.4 is 19.1 Å². The quantitative estimate of drug-likeness (QED) is 0.198. The van der Waals surface area contributed by atoms with Gasteiger partial charge in [0, 0.05) is 25.1 Å². The van der Waals surface area contributed by atoms with E-state index < -0.39 is 28.5 Å². The molecule has 1 atom stereocenters. The van der Waals surface area contributed by atoms with Crippen molar-refractivity contribution in [3.8, 4) is 11.5 Å². The van der Waals surface area contributed by atoms with Gasteiger partial charge < -0.3 is 19.7 Å². The molecule has 0 bridgehead atoms. The molecule has 1 unspecified atom stereocenters. The molecule has 2 amide bonds. The molecule has 10 heteroatoms. The predicted octanol–water partition coefficient (Wildman–Crippen LogP) is 5.37. The molecule has 0 aliphatic carbocycles. The second kappa shape index (κ2) is 15.4. The molecule has 0 aliphatic heterocycles. The molecule has 242 valence electrons. The Morgan fingerprint density at radius 2 is 1.41 bits per heavy atom. The van der Waals surface area contributed by atoms with Gasteiger partial charge in [0.1, 0.15) is 12.6 Å². The average Bonchev–Trinajstić information content (AvgIpc) is 3.06. The minimum Gasteiger partial charge on any atom is -0.493 e. The van der Waals surface area contributed by atoms with Crippen LogP contribution >= 0.6 is 0 Å². The molecule has 0 heterocycles. The topological polar surface area (TPSA) is 105 Å². The summed E-state index contributed by atoms with van der Waals surface area (Å²) in [4.78, 5) is 29.9. The van der Waals surface area contributed by atoms with Gasteiger partial charge in [-0.2, -0.15) is 0 Å². The Morgan fingerprint density at radius 1 is 0.804 bits per heavy atom. The first-order valence-corrected chi connectivity index (χ1v) is 16.5. The molecule has 0 aromatic heterocycles. The van der Waals surface area contributed by atoms with Gasteiger partial charge in [-0.25, -0.2) is 8.42 Å². The maximum Gasteiger partial charge on any atom is 0.264 e. The Balaban J connectivity index is 1.84. The molecule has 4 aromatic rings. The normalized spacial score (nSPS) is 11.9. The maximum absolute atomic E-state index is 14.6. The largest absolute Gasteiger partial charge is 0.493 e. The van der Waals surface area contributed by atoms with Crippen molar-refractivity contribution in [1.82, 2.24) is 10.2 Å². The lowest BCUT2D eigenvalue weighted by molar-refractivity contribution is -0.140. The highest BCUT2D eigenvalue weighted by Crippen LogP contribution is 2.34. The van der Waals surface area contributed by atoms with Gasteiger partial charge in [-0.1, -0.05) is 72.8 Å². The van der Waals surface area contributed by atoms with Crippen molar-refractivity contribution in [3.63, 3.8) is 0 Å². The summed E-state index contributed by atoms with van der Waals surface area (Å²) in [7, 11) is -1.31. The van der Waals surface area contributed by atoms with Crippen LogP contribution in [0.25, 0.3) is 0 Å². The van der Waals surface area contributed by atoms with Gasteiger partial charge in [-0.05, 0) is 61.7 Å². The molecule has 0 saturated carbocycles. The van der Waals surface area contributed by atoms with E-state index in [-0.39, 0.29) is 35.5 Å². The van der Waals surface area contributed by atoms with Crippen molar-refractivity contribution >= 4 is 27.5 Å². The van der Waals surface area contributed by atoms with Crippen LogP contribution in [0, 0.1) is 6.92 Å². The van der Waals surface area contributed by atoms with Gasteiger partial charge in [0.25, 0.3) is 10.0 Å². The van der Waals surface area contributed by atoms with Gasteiger partial charge in [0.15, 0.2) is 11.5 Å². The van der Waals surface area contributed by atoms with Crippen molar-refractivity contribution in [2.24, 2.45) is 0 Å². The molecule has 0 radical (unpaired) electrons. The summed E-state index contributed by atoms with van der Waals surface area (Å²) in [6.07, 6.45) is 0.235. The summed E-state index contributed by atoms with van der Waals surface area (Å²) >= 11 is 0. The zero-order valence-electron chi connectivity index (χ0n) is 26.8. The lowest BCUT2D eigenvalue weighted by Crippen LogP contribution is -2.54. The van der Waals surface area contributed by atoms with E-state index >= 15 is 0 Å². The van der Waals surface area contributed by atoms with Crippen LogP contribution in [0.5, 0.6) is 11.5 Å². The molecule has 0 saturated heterocycles. The number of carbonyl (C=O) groups is 2. The van der Waals surface area contributed by atoms with Gasteiger partial charge >= 0.3 is 0 Å². The molecule has 0 spiro atoms. The zero-order chi connectivity index (χ0) is 33.3. The lowest BCUT2D eigenvalue weighted by atomic mass is 10.0. The predicted molar refractivity (Wildman–Crippen MR) is 179 cm³/mol. The van der Waals surface area contributed by atoms with Crippen LogP contribution in [0.1, 0.15) is 30.5 Å². The van der Waals surface area contributed by atoms with E-state index in [9.17, 15) is 18.0 Å². The fraction of sp³-hybridized carbons (Fsp3) is 0.278. The summed E-state index contributed by atoms with van der Waals surface area (Å²) in [5.74, 6) is -0.165. The summed E-state index contributed by atoms with van der Waals surface area (Å²) in [5, 5.41) is 2.97. The third-order valence-electron chi connectivity index (χ3n) is 7.57. The number of amides is 2. The van der Waals surface area contributed by atoms with Crippen LogP contribution in [0.2, 0.25) is 0 Å². The van der Waals surface area contributed by atoms with Crippen LogP contribution in [-0.4, -0.2) is 58.0 Å². The van der Waals surface area contributed by atoms with Crippen molar-refractivity contribution in [3.05, 3.63) is 120 Å². The highest BCUT2D eigenvalue weighted by atomic mass is 32.2. The number of hydrogen-bond donors (Lipinski definition) is 1. The van der Waals surface area contributed by atoms with Crippen molar-refractivity contribution in [2.75, 3.05) is 25.1 Å². The first-order valence-electron chi connectivity index (χ1n) is 15.0. The number of hydrogen-bond acceptors (Lipinski definition) is 6. The van der Waals surface area contributed by atoms with Gasteiger partial charge in [0.05, 0.1) is 24.8 Å². The fourth-order valence-corrected chi connectivity index (χ4v) is 6.56. The number of carbonyl (C=O) groups excluding carboxylic acids is 2. The van der Waals surface area contributed by atoms with Crippen LogP contribution in [0.4, 0.5) is 5.69 Å². The van der Waals surface area contributed by atoms with Gasteiger partial charge in [-0.15, -0.1) is 0 Å². The number of ether oxygens (including phenoxy) is 2. The van der Waals surface area contributed by atoms with Gasteiger partial charge in [0.2, 0.25) is 11.8 Å². The van der Waals surface area contributed by atoms with E-state index in [1.54, 1.807) is 30.3 Å². The monoisotopic (exact) mass is 643 g/mol. The van der Waals surface area contributed by atoms with E-state index in [4.69, 9.17) is 9.47 Å². The molecule has 1 N–H and O–H groups in total. The van der Waals surface area contributed by atoms with E-state index in [2.05, 4.69) is 5.32 Å². The zero-order valence-corrected chi connectivity index (χ0v) is 27.7. The van der Waals surface area contributed by atoms with Crippen molar-refractivity contribution < 1.29 is 27.5 Å². The summed E-state index contributed by atoms with van der Waals surface area (Å²) < 4.78 is 40.3. The second-order valence-electron chi connectivity index (χ2n) is 11.2. The number of methoxy groups -OCH3 is 2. The van der Waals surface area contributed by atoms with Crippen LogP contribution in [0.3, 0.4) is 0 Å². The molecule has 4 aromatic carbocycles. The molecule has 46 heavy (non-hydrogen) atoms. The number of nitrogens with one attached hydrogen (secondary N) is 1. The number of aryl methyl sites for hydroxylation is 1. The highest BCUT2D eigenvalue weighted by Gasteiger charge is 2.35. The SMILES string of the molecule is COc1ccc(N(CC(=O)N(Cc2ccccc2C)C(Cc2ccccc2)C(=O)NC(C)C)S(=O)(=O)c2ccccc2)cc1OC. The smallest absolute Gasteiger partial charge is 0.264 e. The minimum absolute atomic E-state index is 0.0152. The van der Waals surface area contributed by atoms with E-state index in [1.165, 1.54) is 37.3 Å². The van der Waals surface area contributed by atoms with E-state index in [1.807, 2.05) is 75.4 Å². The fourth-order valence-electron chi connectivity index (χ4n) is 5.13. The minimum atomic E-state index is -4.24. The Hall–Kier alpha value is -4.83. The second-order valence-corrected chi connectivity index (χ2v) is 13.0. The molecule has 0 aliphatic rings. The summed E-state index contributed by atoms with van der Waals surface area (Å²) in [6, 6.07) is 28.6.